The Morgan fingerprint density at radius 3 is 2.48 bits per heavy atom. The highest BCUT2D eigenvalue weighted by Gasteiger charge is 2.16. The average Bonchev–Trinajstić information content (AvgIpc) is 3.35. The quantitative estimate of drug-likeness (QED) is 0.338. The molecule has 9 heteroatoms. The number of benzene rings is 2. The summed E-state index contributed by atoms with van der Waals surface area (Å²) in [6.07, 6.45) is 2.59. The summed E-state index contributed by atoms with van der Waals surface area (Å²) in [7, 11) is 0. The van der Waals surface area contributed by atoms with Gasteiger partial charge in [-0.05, 0) is 44.0 Å². The zero-order valence-electron chi connectivity index (χ0n) is 18.6. The van der Waals surface area contributed by atoms with E-state index in [2.05, 4.69) is 40.6 Å². The molecule has 4 rings (SSSR count). The minimum absolute atomic E-state index is 0.0558. The van der Waals surface area contributed by atoms with Gasteiger partial charge in [-0.15, -0.1) is 0 Å². The van der Waals surface area contributed by atoms with Crippen molar-refractivity contribution in [2.24, 2.45) is 0 Å². The van der Waals surface area contributed by atoms with Crippen molar-refractivity contribution >= 4 is 17.3 Å². The van der Waals surface area contributed by atoms with Crippen LogP contribution in [0.1, 0.15) is 38.4 Å². The second-order valence-corrected chi connectivity index (χ2v) is 8.00. The van der Waals surface area contributed by atoms with Crippen molar-refractivity contribution in [3.63, 3.8) is 0 Å². The van der Waals surface area contributed by atoms with Gasteiger partial charge in [0.2, 0.25) is 0 Å². The van der Waals surface area contributed by atoms with Gasteiger partial charge in [-0.3, -0.25) is 24.3 Å². The molecule has 0 aliphatic heterocycles. The van der Waals surface area contributed by atoms with Crippen LogP contribution in [-0.2, 0) is 13.1 Å². The first-order chi connectivity index (χ1) is 15.8. The molecule has 0 fully saturated rings. The molecule has 0 aliphatic rings. The number of nitrogens with one attached hydrogen (secondary N) is 1. The summed E-state index contributed by atoms with van der Waals surface area (Å²) in [5.41, 5.74) is 6.02. The van der Waals surface area contributed by atoms with Crippen molar-refractivity contribution in [3.05, 3.63) is 105 Å². The lowest BCUT2D eigenvalue weighted by atomic mass is 10.1. The van der Waals surface area contributed by atoms with Gasteiger partial charge in [-0.1, -0.05) is 42.0 Å². The van der Waals surface area contributed by atoms with E-state index in [9.17, 15) is 14.9 Å². The number of aryl methyl sites for hydroxylation is 2. The molecule has 1 amide bonds. The first-order valence-electron chi connectivity index (χ1n) is 10.5. The molecule has 0 radical (unpaired) electrons. The molecule has 0 bridgehead atoms. The molecule has 168 valence electrons. The lowest BCUT2D eigenvalue weighted by molar-refractivity contribution is -0.385. The highest BCUT2D eigenvalue weighted by molar-refractivity contribution is 6.04. The average molecular weight is 444 g/mol. The number of rotatable bonds is 7. The predicted octanol–water partition coefficient (Wildman–Crippen LogP) is 4.26. The van der Waals surface area contributed by atoms with Crippen LogP contribution in [-0.4, -0.2) is 30.4 Å². The van der Waals surface area contributed by atoms with Gasteiger partial charge in [0.25, 0.3) is 5.91 Å². The summed E-state index contributed by atoms with van der Waals surface area (Å²) in [4.78, 5) is 23.1. The van der Waals surface area contributed by atoms with Crippen LogP contribution in [0, 0.1) is 30.9 Å². The molecule has 0 atom stereocenters. The van der Waals surface area contributed by atoms with Gasteiger partial charge in [-0.2, -0.15) is 10.2 Å². The summed E-state index contributed by atoms with van der Waals surface area (Å²) in [5, 5.41) is 22.4. The van der Waals surface area contributed by atoms with Gasteiger partial charge in [0.1, 0.15) is 12.4 Å². The maximum atomic E-state index is 12.8. The second kappa shape index (κ2) is 9.07. The van der Waals surface area contributed by atoms with Crippen molar-refractivity contribution < 1.29 is 9.72 Å². The molecule has 2 aromatic carbocycles. The number of aromatic nitrogens is 4. The summed E-state index contributed by atoms with van der Waals surface area (Å²) >= 11 is 0. The third kappa shape index (κ3) is 4.98. The van der Waals surface area contributed by atoms with E-state index in [-0.39, 0.29) is 11.6 Å². The van der Waals surface area contributed by atoms with E-state index in [1.165, 1.54) is 22.6 Å². The Labute approximate surface area is 190 Å². The van der Waals surface area contributed by atoms with E-state index in [1.807, 2.05) is 36.7 Å². The number of anilines is 1. The van der Waals surface area contributed by atoms with E-state index in [0.29, 0.717) is 24.3 Å². The molecule has 9 nitrogen and oxygen atoms in total. The molecule has 0 aliphatic carbocycles. The zero-order chi connectivity index (χ0) is 23.5. The van der Waals surface area contributed by atoms with E-state index in [0.717, 1.165) is 22.5 Å². The maximum absolute atomic E-state index is 12.8. The summed E-state index contributed by atoms with van der Waals surface area (Å²) in [6.45, 7) is 6.88. The Bertz CT molecular complexity index is 1320. The van der Waals surface area contributed by atoms with Crippen molar-refractivity contribution in [3.8, 4) is 0 Å². The summed E-state index contributed by atoms with van der Waals surface area (Å²) in [6, 6.07) is 15.3. The van der Waals surface area contributed by atoms with Crippen LogP contribution in [0.5, 0.6) is 0 Å². The number of carbonyl (C=O) groups excluding carboxylic acids is 1. The first-order valence-corrected chi connectivity index (χ1v) is 10.5. The third-order valence-corrected chi connectivity index (χ3v) is 5.43. The third-order valence-electron chi connectivity index (χ3n) is 5.43. The number of hydrogen-bond donors (Lipinski definition) is 1. The smallest absolute Gasteiger partial charge is 0.307 e. The van der Waals surface area contributed by atoms with Crippen LogP contribution in [0.25, 0.3) is 0 Å². The molecule has 1 N–H and O–H groups in total. The number of carbonyl (C=O) groups is 1. The normalized spacial score (nSPS) is 10.9. The molecule has 33 heavy (non-hydrogen) atoms. The molecule has 2 heterocycles. The SMILES string of the molecule is Cc1cccc(Cn2nc(C)c(NC(=O)c3ccc(Cn4cc([N+](=O)[O-])cn4)cc3)c2C)c1. The molecule has 0 saturated carbocycles. The van der Waals surface area contributed by atoms with Crippen LogP contribution >= 0.6 is 0 Å². The Balaban J connectivity index is 1.44. The minimum Gasteiger partial charge on any atom is -0.319 e. The van der Waals surface area contributed by atoms with Gasteiger partial charge < -0.3 is 5.32 Å². The van der Waals surface area contributed by atoms with E-state index in [1.54, 1.807) is 12.1 Å². The van der Waals surface area contributed by atoms with Crippen molar-refractivity contribution in [2.75, 3.05) is 5.32 Å². The van der Waals surface area contributed by atoms with Crippen LogP contribution in [0.3, 0.4) is 0 Å². The van der Waals surface area contributed by atoms with E-state index < -0.39 is 4.92 Å². The minimum atomic E-state index is -0.482. The fourth-order valence-electron chi connectivity index (χ4n) is 3.68. The van der Waals surface area contributed by atoms with Crippen molar-refractivity contribution in [1.29, 1.82) is 0 Å². The zero-order valence-corrected chi connectivity index (χ0v) is 18.6. The second-order valence-electron chi connectivity index (χ2n) is 8.00. The van der Waals surface area contributed by atoms with Crippen molar-refractivity contribution in [1.82, 2.24) is 19.6 Å². The van der Waals surface area contributed by atoms with Crippen LogP contribution in [0.2, 0.25) is 0 Å². The monoisotopic (exact) mass is 444 g/mol. The van der Waals surface area contributed by atoms with E-state index in [4.69, 9.17) is 0 Å². The Morgan fingerprint density at radius 1 is 1.06 bits per heavy atom. The molecular weight excluding hydrogens is 420 g/mol. The van der Waals surface area contributed by atoms with E-state index >= 15 is 0 Å². The number of hydrogen-bond acceptors (Lipinski definition) is 5. The van der Waals surface area contributed by atoms with Gasteiger partial charge in [0, 0.05) is 5.56 Å². The molecule has 2 aromatic heterocycles. The number of amides is 1. The highest BCUT2D eigenvalue weighted by atomic mass is 16.6. The van der Waals surface area contributed by atoms with Gasteiger partial charge in [-0.25, -0.2) is 0 Å². The first kappa shape index (κ1) is 21.9. The van der Waals surface area contributed by atoms with Crippen LogP contribution in [0.4, 0.5) is 11.4 Å². The lowest BCUT2D eigenvalue weighted by Gasteiger charge is -2.08. The molecular formula is C24H24N6O3. The largest absolute Gasteiger partial charge is 0.319 e. The Morgan fingerprint density at radius 2 is 1.82 bits per heavy atom. The number of nitro groups is 1. The van der Waals surface area contributed by atoms with Crippen LogP contribution < -0.4 is 5.32 Å². The van der Waals surface area contributed by atoms with Gasteiger partial charge >= 0.3 is 5.69 Å². The molecule has 0 unspecified atom stereocenters. The number of nitrogens with zero attached hydrogens (tertiary/aromatic N) is 5. The standard InChI is InChI=1S/C24H24N6O3/c1-16-5-4-6-20(11-16)14-29-18(3)23(17(2)27-29)26-24(31)21-9-7-19(8-10-21)13-28-15-22(12-25-28)30(32)33/h4-12,15H,13-14H2,1-3H3,(H,26,31). The Hall–Kier alpha value is -4.27. The molecule has 0 spiro atoms. The van der Waals surface area contributed by atoms with Gasteiger partial charge in [0.15, 0.2) is 0 Å². The van der Waals surface area contributed by atoms with Crippen molar-refractivity contribution in [2.45, 2.75) is 33.9 Å². The summed E-state index contributed by atoms with van der Waals surface area (Å²) in [5.74, 6) is -0.224. The highest BCUT2D eigenvalue weighted by Crippen LogP contribution is 2.22. The molecule has 4 aromatic rings. The maximum Gasteiger partial charge on any atom is 0.307 e. The van der Waals surface area contributed by atoms with Gasteiger partial charge in [0.05, 0.1) is 35.1 Å². The fourth-order valence-corrected chi connectivity index (χ4v) is 3.68. The summed E-state index contributed by atoms with van der Waals surface area (Å²) < 4.78 is 3.38. The Kier molecular flexibility index (Phi) is 6.03. The predicted molar refractivity (Wildman–Crippen MR) is 124 cm³/mol. The topological polar surface area (TPSA) is 108 Å². The van der Waals surface area contributed by atoms with Crippen LogP contribution in [0.15, 0.2) is 60.9 Å². The lowest BCUT2D eigenvalue weighted by Crippen LogP contribution is -2.13. The molecule has 0 saturated heterocycles. The fraction of sp³-hybridized carbons (Fsp3) is 0.208.